The number of hydrogen-bond donors (Lipinski definition) is 2. The fourth-order valence-corrected chi connectivity index (χ4v) is 3.10. The van der Waals surface area contributed by atoms with Crippen molar-refractivity contribution in [1.82, 2.24) is 10.3 Å². The van der Waals surface area contributed by atoms with Crippen LogP contribution in [0.25, 0.3) is 10.6 Å². The summed E-state index contributed by atoms with van der Waals surface area (Å²) in [5.74, 6) is 0.0887. The fraction of sp³-hybridized carbons (Fsp3) is 0.412. The summed E-state index contributed by atoms with van der Waals surface area (Å²) in [5.41, 5.74) is 8.01. The van der Waals surface area contributed by atoms with E-state index >= 15 is 0 Å². The second-order valence-corrected chi connectivity index (χ2v) is 6.61. The third-order valence-corrected chi connectivity index (χ3v) is 5.10. The molecule has 0 fully saturated rings. The van der Waals surface area contributed by atoms with E-state index in [0.29, 0.717) is 6.54 Å². The number of nitrogens with zero attached hydrogens (tertiary/aromatic N) is 1. The van der Waals surface area contributed by atoms with Crippen LogP contribution in [0.5, 0.6) is 0 Å². The van der Waals surface area contributed by atoms with Crippen molar-refractivity contribution < 1.29 is 4.79 Å². The van der Waals surface area contributed by atoms with Crippen molar-refractivity contribution >= 4 is 17.2 Å². The number of amides is 1. The smallest absolute Gasteiger partial charge is 0.237 e. The average Bonchev–Trinajstić information content (AvgIpc) is 2.93. The van der Waals surface area contributed by atoms with Gasteiger partial charge in [-0.25, -0.2) is 4.98 Å². The van der Waals surface area contributed by atoms with Gasteiger partial charge < -0.3 is 11.1 Å². The Balaban J connectivity index is 2.02. The van der Waals surface area contributed by atoms with Crippen LogP contribution in [0.2, 0.25) is 0 Å². The molecule has 0 radical (unpaired) electrons. The molecule has 1 amide bonds. The highest BCUT2D eigenvalue weighted by Gasteiger charge is 2.19. The van der Waals surface area contributed by atoms with Crippen LogP contribution < -0.4 is 11.1 Å². The van der Waals surface area contributed by atoms with Gasteiger partial charge in [-0.05, 0) is 12.8 Å². The molecule has 0 spiro atoms. The maximum Gasteiger partial charge on any atom is 0.237 e. The van der Waals surface area contributed by atoms with Crippen LogP contribution in [0, 0.1) is 12.8 Å². The minimum Gasteiger partial charge on any atom is -0.350 e. The summed E-state index contributed by atoms with van der Waals surface area (Å²) < 4.78 is 0. The van der Waals surface area contributed by atoms with Crippen LogP contribution in [0.1, 0.15) is 30.8 Å². The van der Waals surface area contributed by atoms with Crippen molar-refractivity contribution in [3.05, 3.63) is 40.9 Å². The third-order valence-electron chi connectivity index (χ3n) is 3.90. The molecule has 0 aliphatic carbocycles. The third kappa shape index (κ3) is 3.93. The molecule has 3 N–H and O–H groups in total. The van der Waals surface area contributed by atoms with E-state index in [9.17, 15) is 4.79 Å². The summed E-state index contributed by atoms with van der Waals surface area (Å²) in [6.07, 6.45) is 0.895. The zero-order valence-corrected chi connectivity index (χ0v) is 14.1. The Morgan fingerprint density at radius 3 is 2.68 bits per heavy atom. The number of rotatable bonds is 6. The van der Waals surface area contributed by atoms with Gasteiger partial charge in [0.05, 0.1) is 18.3 Å². The predicted molar refractivity (Wildman–Crippen MR) is 91.6 cm³/mol. The van der Waals surface area contributed by atoms with Crippen molar-refractivity contribution in [3.8, 4) is 10.6 Å². The zero-order valence-electron chi connectivity index (χ0n) is 13.3. The van der Waals surface area contributed by atoms with Gasteiger partial charge in [-0.2, -0.15) is 0 Å². The molecule has 0 aliphatic heterocycles. The minimum atomic E-state index is -0.452. The molecule has 2 atom stereocenters. The average molecular weight is 317 g/mol. The number of nitrogens with two attached hydrogens (primary N) is 1. The molecule has 0 saturated carbocycles. The first-order valence-corrected chi connectivity index (χ1v) is 8.39. The van der Waals surface area contributed by atoms with E-state index in [2.05, 4.69) is 10.3 Å². The highest BCUT2D eigenvalue weighted by Crippen LogP contribution is 2.27. The van der Waals surface area contributed by atoms with Crippen LogP contribution in [0.3, 0.4) is 0 Å². The van der Waals surface area contributed by atoms with E-state index < -0.39 is 6.04 Å². The largest absolute Gasteiger partial charge is 0.350 e. The molecule has 0 bridgehead atoms. The number of hydrogen-bond acceptors (Lipinski definition) is 4. The Morgan fingerprint density at radius 2 is 2.05 bits per heavy atom. The van der Waals surface area contributed by atoms with Gasteiger partial charge in [-0.3, -0.25) is 4.79 Å². The topological polar surface area (TPSA) is 68.0 Å². The van der Waals surface area contributed by atoms with E-state index in [1.165, 1.54) is 0 Å². The van der Waals surface area contributed by atoms with E-state index in [0.717, 1.165) is 27.6 Å². The quantitative estimate of drug-likeness (QED) is 0.860. The number of aryl methyl sites for hydroxylation is 1. The lowest BCUT2D eigenvalue weighted by Gasteiger charge is -2.17. The SMILES string of the molecule is CCC(C)C(N)C(=O)NCc1sc(-c2ccccc2)nc1C. The van der Waals surface area contributed by atoms with E-state index in [4.69, 9.17) is 5.73 Å². The number of carbonyl (C=O) groups is 1. The molecular weight excluding hydrogens is 294 g/mol. The highest BCUT2D eigenvalue weighted by molar-refractivity contribution is 7.15. The van der Waals surface area contributed by atoms with E-state index in [-0.39, 0.29) is 11.8 Å². The van der Waals surface area contributed by atoms with Gasteiger partial charge in [-0.15, -0.1) is 11.3 Å². The molecule has 2 unspecified atom stereocenters. The van der Waals surface area contributed by atoms with Crippen LogP contribution in [-0.2, 0) is 11.3 Å². The number of carbonyl (C=O) groups excluding carboxylic acids is 1. The molecule has 0 saturated heterocycles. The standard InChI is InChI=1S/C17H23N3OS/c1-4-11(2)15(18)16(21)19-10-14-12(3)20-17(22-14)13-8-6-5-7-9-13/h5-9,11,15H,4,10,18H2,1-3H3,(H,19,21). The molecule has 1 aromatic heterocycles. The molecule has 1 heterocycles. The number of benzene rings is 1. The first-order chi connectivity index (χ1) is 10.5. The molecule has 118 valence electrons. The van der Waals surface area contributed by atoms with Crippen LogP contribution in [0.15, 0.2) is 30.3 Å². The fourth-order valence-electron chi connectivity index (χ4n) is 2.09. The Kier molecular flexibility index (Phi) is 5.69. The summed E-state index contributed by atoms with van der Waals surface area (Å²) in [6.45, 7) is 6.49. The van der Waals surface area contributed by atoms with Gasteiger partial charge in [-0.1, -0.05) is 50.6 Å². The van der Waals surface area contributed by atoms with E-state index in [1.807, 2.05) is 51.1 Å². The Labute approximate surface area is 135 Å². The lowest BCUT2D eigenvalue weighted by Crippen LogP contribution is -2.44. The maximum absolute atomic E-state index is 12.1. The molecule has 4 nitrogen and oxygen atoms in total. The summed E-state index contributed by atoms with van der Waals surface area (Å²) in [7, 11) is 0. The number of nitrogens with one attached hydrogen (secondary N) is 1. The summed E-state index contributed by atoms with van der Waals surface area (Å²) in [5, 5.41) is 3.91. The summed E-state index contributed by atoms with van der Waals surface area (Å²) in [4.78, 5) is 17.7. The van der Waals surface area contributed by atoms with Gasteiger partial charge in [0.2, 0.25) is 5.91 Å². The molecule has 0 aliphatic rings. The maximum atomic E-state index is 12.1. The predicted octanol–water partition coefficient (Wildman–Crippen LogP) is 3.11. The van der Waals surface area contributed by atoms with Crippen molar-refractivity contribution in [2.24, 2.45) is 11.7 Å². The second kappa shape index (κ2) is 7.51. The van der Waals surface area contributed by atoms with Gasteiger partial charge in [0, 0.05) is 10.4 Å². The number of thiazole rings is 1. The Morgan fingerprint density at radius 1 is 1.36 bits per heavy atom. The van der Waals surface area contributed by atoms with E-state index in [1.54, 1.807) is 11.3 Å². The summed E-state index contributed by atoms with van der Waals surface area (Å²) >= 11 is 1.61. The number of aromatic nitrogens is 1. The monoisotopic (exact) mass is 317 g/mol. The van der Waals surface area contributed by atoms with Gasteiger partial charge in [0.15, 0.2) is 0 Å². The zero-order chi connectivity index (χ0) is 16.1. The molecule has 2 rings (SSSR count). The first kappa shape index (κ1) is 16.6. The highest BCUT2D eigenvalue weighted by atomic mass is 32.1. The molecule has 1 aromatic carbocycles. The molecular formula is C17H23N3OS. The first-order valence-electron chi connectivity index (χ1n) is 7.58. The lowest BCUT2D eigenvalue weighted by molar-refractivity contribution is -0.123. The van der Waals surface area contributed by atoms with Crippen LogP contribution >= 0.6 is 11.3 Å². The normalized spacial score (nSPS) is 13.6. The van der Waals surface area contributed by atoms with Crippen molar-refractivity contribution in [1.29, 1.82) is 0 Å². The molecule has 22 heavy (non-hydrogen) atoms. The van der Waals surface area contributed by atoms with Gasteiger partial charge in [0.25, 0.3) is 0 Å². The Bertz CT molecular complexity index is 624. The summed E-state index contributed by atoms with van der Waals surface area (Å²) in [6, 6.07) is 9.62. The Hall–Kier alpha value is -1.72. The molecule has 5 heteroatoms. The molecule has 2 aromatic rings. The lowest BCUT2D eigenvalue weighted by atomic mass is 9.99. The van der Waals surface area contributed by atoms with Crippen molar-refractivity contribution in [2.45, 2.75) is 39.8 Å². The van der Waals surface area contributed by atoms with Crippen LogP contribution in [-0.4, -0.2) is 16.9 Å². The minimum absolute atomic E-state index is 0.0941. The van der Waals surface area contributed by atoms with Gasteiger partial charge >= 0.3 is 0 Å². The van der Waals surface area contributed by atoms with Crippen molar-refractivity contribution in [2.75, 3.05) is 0 Å². The van der Waals surface area contributed by atoms with Crippen molar-refractivity contribution in [3.63, 3.8) is 0 Å². The van der Waals surface area contributed by atoms with Crippen LogP contribution in [0.4, 0.5) is 0 Å². The second-order valence-electron chi connectivity index (χ2n) is 5.52. The van der Waals surface area contributed by atoms with Gasteiger partial charge in [0.1, 0.15) is 5.01 Å².